The average Bonchev–Trinajstić information content (AvgIpc) is 2.58. The number of hydrogen-bond acceptors (Lipinski definition) is 4. The lowest BCUT2D eigenvalue weighted by Crippen LogP contribution is -2.41. The van der Waals surface area contributed by atoms with Crippen LogP contribution in [0.15, 0.2) is 12.1 Å². The van der Waals surface area contributed by atoms with Crippen LogP contribution in [0.3, 0.4) is 0 Å². The summed E-state index contributed by atoms with van der Waals surface area (Å²) in [6.07, 6.45) is 0. The highest BCUT2D eigenvalue weighted by molar-refractivity contribution is 6.62. The largest absolute Gasteiger partial charge is 0.495 e. The van der Waals surface area contributed by atoms with E-state index < -0.39 is 24.1 Å². The topological polar surface area (TPSA) is 36.9 Å². The lowest BCUT2D eigenvalue weighted by atomic mass is 9.79. The van der Waals surface area contributed by atoms with Crippen molar-refractivity contribution in [2.45, 2.75) is 45.8 Å². The molecule has 1 fully saturated rings. The number of benzene rings is 1. The molecule has 0 bridgehead atoms. The quantitative estimate of drug-likeness (QED) is 0.800. The van der Waals surface area contributed by atoms with Gasteiger partial charge >= 0.3 is 7.12 Å². The second-order valence-corrected chi connectivity index (χ2v) is 6.06. The smallest absolute Gasteiger partial charge is 0.490 e. The molecule has 1 aromatic carbocycles. The van der Waals surface area contributed by atoms with E-state index in [1.165, 1.54) is 13.2 Å². The summed E-state index contributed by atoms with van der Waals surface area (Å²) in [7, 11) is 0.782. The van der Waals surface area contributed by atoms with Gasteiger partial charge in [-0.2, -0.15) is 0 Å². The van der Waals surface area contributed by atoms with Crippen LogP contribution in [0.5, 0.6) is 11.5 Å². The molecule has 1 aliphatic heterocycles. The second kappa shape index (κ2) is 5.50. The Labute approximate surface area is 125 Å². The van der Waals surface area contributed by atoms with E-state index in [4.69, 9.17) is 18.8 Å². The molecule has 0 aromatic heterocycles. The third-order valence-electron chi connectivity index (χ3n) is 4.06. The molecule has 0 atom stereocenters. The van der Waals surface area contributed by atoms with Gasteiger partial charge in [0.2, 0.25) is 0 Å². The van der Waals surface area contributed by atoms with Crippen molar-refractivity contribution in [3.63, 3.8) is 0 Å². The van der Waals surface area contributed by atoms with Crippen molar-refractivity contribution in [2.75, 3.05) is 13.7 Å². The van der Waals surface area contributed by atoms with Gasteiger partial charge in [-0.15, -0.1) is 0 Å². The van der Waals surface area contributed by atoms with Crippen molar-refractivity contribution < 1.29 is 23.2 Å². The van der Waals surface area contributed by atoms with Gasteiger partial charge in [-0.05, 0) is 52.2 Å². The molecule has 6 heteroatoms. The van der Waals surface area contributed by atoms with Crippen LogP contribution in [0, 0.1) is 5.82 Å². The number of methoxy groups -OCH3 is 1. The minimum Gasteiger partial charge on any atom is -0.490 e. The van der Waals surface area contributed by atoms with Crippen molar-refractivity contribution in [2.24, 2.45) is 0 Å². The van der Waals surface area contributed by atoms with Gasteiger partial charge in [-0.3, -0.25) is 0 Å². The maximum atomic E-state index is 14.2. The minimum absolute atomic E-state index is 0.0946. The molecule has 21 heavy (non-hydrogen) atoms. The highest BCUT2D eigenvalue weighted by Crippen LogP contribution is 2.37. The normalized spacial score (nSPS) is 19.7. The first kappa shape index (κ1) is 16.1. The molecule has 4 nitrogen and oxygen atoms in total. The van der Waals surface area contributed by atoms with Crippen LogP contribution in [0.1, 0.15) is 34.6 Å². The number of rotatable bonds is 4. The fourth-order valence-electron chi connectivity index (χ4n) is 2.16. The molecule has 2 rings (SSSR count). The van der Waals surface area contributed by atoms with Gasteiger partial charge in [-0.25, -0.2) is 4.39 Å². The van der Waals surface area contributed by atoms with Crippen molar-refractivity contribution in [3.05, 3.63) is 17.9 Å². The predicted molar refractivity (Wildman–Crippen MR) is 79.8 cm³/mol. The first-order valence-electron chi connectivity index (χ1n) is 7.07. The highest BCUT2D eigenvalue weighted by atomic mass is 19.1. The molecule has 1 aliphatic rings. The molecule has 0 N–H and O–H groups in total. The van der Waals surface area contributed by atoms with Crippen molar-refractivity contribution in [1.82, 2.24) is 0 Å². The number of halogens is 1. The summed E-state index contributed by atoms with van der Waals surface area (Å²) in [5, 5.41) is 0. The Morgan fingerprint density at radius 2 is 1.71 bits per heavy atom. The van der Waals surface area contributed by atoms with Crippen LogP contribution in [0.2, 0.25) is 0 Å². The van der Waals surface area contributed by atoms with E-state index in [0.717, 1.165) is 0 Å². The van der Waals surface area contributed by atoms with Crippen LogP contribution < -0.4 is 14.9 Å². The molecule has 0 aliphatic carbocycles. The molecule has 1 aromatic rings. The van der Waals surface area contributed by atoms with Crippen LogP contribution >= 0.6 is 0 Å². The van der Waals surface area contributed by atoms with Crippen LogP contribution in [-0.2, 0) is 9.31 Å². The average molecular weight is 296 g/mol. The van der Waals surface area contributed by atoms with Crippen LogP contribution in [0.25, 0.3) is 0 Å². The van der Waals surface area contributed by atoms with Gasteiger partial charge in [0.15, 0.2) is 17.3 Å². The fourth-order valence-corrected chi connectivity index (χ4v) is 2.16. The first-order valence-corrected chi connectivity index (χ1v) is 7.07. The summed E-state index contributed by atoms with van der Waals surface area (Å²) < 4.78 is 36.5. The predicted octanol–water partition coefficient (Wildman–Crippen LogP) is 2.53. The molecule has 0 saturated carbocycles. The Balaban J connectivity index is 2.38. The van der Waals surface area contributed by atoms with Gasteiger partial charge in [0.05, 0.1) is 24.9 Å². The molecule has 1 heterocycles. The van der Waals surface area contributed by atoms with Gasteiger partial charge in [0, 0.05) is 0 Å². The Kier molecular flexibility index (Phi) is 4.22. The summed E-state index contributed by atoms with van der Waals surface area (Å²) in [6, 6.07) is 3.07. The Morgan fingerprint density at radius 3 is 2.19 bits per heavy atom. The van der Waals surface area contributed by atoms with Gasteiger partial charge in [-0.1, -0.05) is 0 Å². The Morgan fingerprint density at radius 1 is 1.14 bits per heavy atom. The van der Waals surface area contributed by atoms with E-state index in [-0.39, 0.29) is 5.75 Å². The van der Waals surface area contributed by atoms with E-state index in [2.05, 4.69) is 0 Å². The van der Waals surface area contributed by atoms with Crippen molar-refractivity contribution in [3.8, 4) is 11.5 Å². The molecule has 1 saturated heterocycles. The van der Waals surface area contributed by atoms with Crippen molar-refractivity contribution >= 4 is 12.6 Å². The SMILES string of the molecule is CCOc1cc(B2OC(C)(C)C(C)(C)O2)cc(F)c1OC. The van der Waals surface area contributed by atoms with Gasteiger partial charge < -0.3 is 18.8 Å². The molecular formula is C15H22BFO4. The molecule has 0 radical (unpaired) electrons. The lowest BCUT2D eigenvalue weighted by molar-refractivity contribution is 0.00578. The van der Waals surface area contributed by atoms with E-state index >= 15 is 0 Å². The third kappa shape index (κ3) is 2.87. The third-order valence-corrected chi connectivity index (χ3v) is 4.06. The van der Waals surface area contributed by atoms with Crippen LogP contribution in [0.4, 0.5) is 4.39 Å². The standard InChI is InChI=1S/C15H22BFO4/c1-7-19-12-9-10(8-11(17)13(12)18-6)16-20-14(2,3)15(4,5)21-16/h8-9H,7H2,1-6H3. The number of ether oxygens (including phenoxy) is 2. The van der Waals surface area contributed by atoms with Gasteiger partial charge in [0.1, 0.15) is 0 Å². The number of hydrogen-bond donors (Lipinski definition) is 0. The zero-order valence-corrected chi connectivity index (χ0v) is 13.5. The first-order chi connectivity index (χ1) is 9.71. The minimum atomic E-state index is -0.630. The Hall–Kier alpha value is -1.27. The summed E-state index contributed by atoms with van der Waals surface area (Å²) in [5.41, 5.74) is -0.366. The monoisotopic (exact) mass is 296 g/mol. The maximum absolute atomic E-state index is 14.2. The van der Waals surface area contributed by atoms with Gasteiger partial charge in [0.25, 0.3) is 0 Å². The van der Waals surface area contributed by atoms with Crippen molar-refractivity contribution in [1.29, 1.82) is 0 Å². The summed E-state index contributed by atoms with van der Waals surface area (Å²) in [6.45, 7) is 10.1. The highest BCUT2D eigenvalue weighted by Gasteiger charge is 2.52. The Bertz CT molecular complexity index is 515. The molecule has 0 unspecified atom stereocenters. The molecule has 116 valence electrons. The zero-order chi connectivity index (χ0) is 15.8. The van der Waals surface area contributed by atoms with E-state index in [1.807, 2.05) is 34.6 Å². The van der Waals surface area contributed by atoms with Crippen LogP contribution in [-0.4, -0.2) is 32.0 Å². The maximum Gasteiger partial charge on any atom is 0.495 e. The van der Waals surface area contributed by atoms with E-state index in [1.54, 1.807) is 6.07 Å². The van der Waals surface area contributed by atoms with E-state index in [0.29, 0.717) is 17.8 Å². The summed E-state index contributed by atoms with van der Waals surface area (Å²) >= 11 is 0. The zero-order valence-electron chi connectivity index (χ0n) is 13.5. The second-order valence-electron chi connectivity index (χ2n) is 6.06. The molecule has 0 spiro atoms. The molecular weight excluding hydrogens is 274 g/mol. The summed E-state index contributed by atoms with van der Waals surface area (Å²) in [5.74, 6) is -0.0463. The lowest BCUT2D eigenvalue weighted by Gasteiger charge is -2.32. The fraction of sp³-hybridized carbons (Fsp3) is 0.600. The molecule has 0 amide bonds. The summed E-state index contributed by atoms with van der Waals surface area (Å²) in [4.78, 5) is 0. The van der Waals surface area contributed by atoms with E-state index in [9.17, 15) is 4.39 Å².